The maximum atomic E-state index is 12.6. The molecule has 0 aliphatic heterocycles. The van der Waals surface area contributed by atoms with E-state index in [2.05, 4.69) is 15.6 Å². The van der Waals surface area contributed by atoms with E-state index in [1.165, 1.54) is 13.3 Å². The number of carbonyl (C=O) groups is 2. The van der Waals surface area contributed by atoms with Gasteiger partial charge in [0.15, 0.2) is 0 Å². The van der Waals surface area contributed by atoms with Crippen LogP contribution in [0.2, 0.25) is 5.02 Å². The van der Waals surface area contributed by atoms with E-state index in [-0.39, 0.29) is 5.91 Å². The van der Waals surface area contributed by atoms with Crippen LogP contribution in [-0.2, 0) is 4.74 Å². The van der Waals surface area contributed by atoms with Crippen molar-refractivity contribution in [3.63, 3.8) is 0 Å². The first-order chi connectivity index (χ1) is 13.5. The average Bonchev–Trinajstić information content (AvgIpc) is 2.70. The van der Waals surface area contributed by atoms with Crippen molar-refractivity contribution in [2.45, 2.75) is 6.92 Å². The molecule has 0 saturated heterocycles. The van der Waals surface area contributed by atoms with E-state index in [0.29, 0.717) is 33.2 Å². The summed E-state index contributed by atoms with van der Waals surface area (Å²) in [6.07, 6.45) is 3.07. The minimum atomic E-state index is -0.424. The molecule has 2 N–H and O–H groups in total. The van der Waals surface area contributed by atoms with Crippen LogP contribution in [0.4, 0.5) is 17.1 Å². The highest BCUT2D eigenvalue weighted by atomic mass is 35.5. The minimum absolute atomic E-state index is 0.301. The fraction of sp³-hybridized carbons (Fsp3) is 0.0952. The SMILES string of the molecule is COC(=O)c1cccc(Nc2cncc(C(=O)Nc3cc(Cl)ccc3C)c2)c1. The van der Waals surface area contributed by atoms with Crippen molar-refractivity contribution in [1.82, 2.24) is 4.98 Å². The Kier molecular flexibility index (Phi) is 5.91. The number of hydrogen-bond acceptors (Lipinski definition) is 5. The molecule has 0 bridgehead atoms. The summed E-state index contributed by atoms with van der Waals surface area (Å²) < 4.78 is 4.73. The predicted octanol–water partition coefficient (Wildman–Crippen LogP) is 4.83. The monoisotopic (exact) mass is 395 g/mol. The third-order valence-electron chi connectivity index (χ3n) is 4.02. The van der Waals surface area contributed by atoms with Crippen molar-refractivity contribution in [3.05, 3.63) is 82.6 Å². The fourth-order valence-electron chi connectivity index (χ4n) is 2.56. The van der Waals surface area contributed by atoms with Gasteiger partial charge in [-0.05, 0) is 48.9 Å². The van der Waals surface area contributed by atoms with Gasteiger partial charge in [-0.15, -0.1) is 0 Å². The molecule has 0 aliphatic carbocycles. The van der Waals surface area contributed by atoms with Crippen molar-refractivity contribution in [1.29, 1.82) is 0 Å². The quantitative estimate of drug-likeness (QED) is 0.605. The topological polar surface area (TPSA) is 80.3 Å². The van der Waals surface area contributed by atoms with Crippen molar-refractivity contribution in [2.75, 3.05) is 17.7 Å². The van der Waals surface area contributed by atoms with Crippen LogP contribution < -0.4 is 10.6 Å². The van der Waals surface area contributed by atoms with E-state index < -0.39 is 5.97 Å². The molecule has 3 rings (SSSR count). The van der Waals surface area contributed by atoms with Gasteiger partial charge in [0.25, 0.3) is 5.91 Å². The molecule has 142 valence electrons. The highest BCUT2D eigenvalue weighted by Gasteiger charge is 2.11. The Morgan fingerprint density at radius 2 is 1.79 bits per heavy atom. The molecule has 0 radical (unpaired) electrons. The largest absolute Gasteiger partial charge is 0.465 e. The lowest BCUT2D eigenvalue weighted by Crippen LogP contribution is -2.13. The van der Waals surface area contributed by atoms with Crippen LogP contribution in [0.5, 0.6) is 0 Å². The first kappa shape index (κ1) is 19.4. The lowest BCUT2D eigenvalue weighted by molar-refractivity contribution is 0.0600. The maximum Gasteiger partial charge on any atom is 0.337 e. The molecule has 0 spiro atoms. The van der Waals surface area contributed by atoms with Crippen LogP contribution in [-0.4, -0.2) is 24.0 Å². The van der Waals surface area contributed by atoms with Gasteiger partial charge in [0.1, 0.15) is 0 Å². The Hall–Kier alpha value is -3.38. The Balaban J connectivity index is 1.78. The molecule has 7 heteroatoms. The van der Waals surface area contributed by atoms with Crippen molar-refractivity contribution in [3.8, 4) is 0 Å². The molecule has 0 unspecified atom stereocenters. The zero-order valence-electron chi connectivity index (χ0n) is 15.3. The summed E-state index contributed by atoms with van der Waals surface area (Å²) in [4.78, 5) is 28.4. The number of nitrogens with zero attached hydrogens (tertiary/aromatic N) is 1. The molecule has 0 fully saturated rings. The Morgan fingerprint density at radius 1 is 1.00 bits per heavy atom. The number of esters is 1. The summed E-state index contributed by atoms with van der Waals surface area (Å²) in [5.41, 5.74) is 3.63. The number of ether oxygens (including phenoxy) is 1. The van der Waals surface area contributed by atoms with Gasteiger partial charge >= 0.3 is 5.97 Å². The van der Waals surface area contributed by atoms with Crippen LogP contribution in [0, 0.1) is 6.92 Å². The third-order valence-corrected chi connectivity index (χ3v) is 4.26. The average molecular weight is 396 g/mol. The first-order valence-electron chi connectivity index (χ1n) is 8.44. The number of rotatable bonds is 5. The maximum absolute atomic E-state index is 12.6. The zero-order valence-corrected chi connectivity index (χ0v) is 16.1. The summed E-state index contributed by atoms with van der Waals surface area (Å²) in [6, 6.07) is 13.8. The number of anilines is 3. The fourth-order valence-corrected chi connectivity index (χ4v) is 2.74. The molecule has 1 aromatic heterocycles. The lowest BCUT2D eigenvalue weighted by Gasteiger charge is -2.11. The van der Waals surface area contributed by atoms with Gasteiger partial charge in [-0.3, -0.25) is 9.78 Å². The van der Waals surface area contributed by atoms with E-state index in [9.17, 15) is 9.59 Å². The smallest absolute Gasteiger partial charge is 0.337 e. The molecule has 0 saturated carbocycles. The summed E-state index contributed by atoms with van der Waals surface area (Å²) in [5, 5.41) is 6.51. The van der Waals surface area contributed by atoms with E-state index in [4.69, 9.17) is 16.3 Å². The van der Waals surface area contributed by atoms with Gasteiger partial charge in [0.2, 0.25) is 0 Å². The molecule has 1 amide bonds. The Labute approximate surface area is 167 Å². The van der Waals surface area contributed by atoms with Crippen LogP contribution in [0.3, 0.4) is 0 Å². The number of carbonyl (C=O) groups excluding carboxylic acids is 2. The number of hydrogen-bond donors (Lipinski definition) is 2. The van der Waals surface area contributed by atoms with Gasteiger partial charge in [-0.1, -0.05) is 23.7 Å². The van der Waals surface area contributed by atoms with E-state index in [0.717, 1.165) is 5.56 Å². The third kappa shape index (κ3) is 4.66. The van der Waals surface area contributed by atoms with Gasteiger partial charge < -0.3 is 15.4 Å². The number of aromatic nitrogens is 1. The number of halogens is 1. The lowest BCUT2D eigenvalue weighted by atomic mass is 10.1. The molecule has 1 heterocycles. The van der Waals surface area contributed by atoms with Gasteiger partial charge in [-0.25, -0.2) is 4.79 Å². The number of methoxy groups -OCH3 is 1. The van der Waals surface area contributed by atoms with E-state index in [1.54, 1.807) is 48.7 Å². The molecule has 28 heavy (non-hydrogen) atoms. The second-order valence-electron chi connectivity index (χ2n) is 6.07. The molecule has 3 aromatic rings. The second-order valence-corrected chi connectivity index (χ2v) is 6.51. The van der Waals surface area contributed by atoms with Crippen LogP contribution >= 0.6 is 11.6 Å². The summed E-state index contributed by atoms with van der Waals surface area (Å²) in [6.45, 7) is 1.89. The Morgan fingerprint density at radius 3 is 2.57 bits per heavy atom. The minimum Gasteiger partial charge on any atom is -0.465 e. The van der Waals surface area contributed by atoms with Crippen molar-refractivity contribution in [2.24, 2.45) is 0 Å². The van der Waals surface area contributed by atoms with Crippen molar-refractivity contribution < 1.29 is 14.3 Å². The number of benzene rings is 2. The predicted molar refractivity (Wildman–Crippen MR) is 109 cm³/mol. The van der Waals surface area contributed by atoms with Crippen molar-refractivity contribution >= 4 is 40.5 Å². The van der Waals surface area contributed by atoms with Crippen LogP contribution in [0.15, 0.2) is 60.9 Å². The number of pyridine rings is 1. The first-order valence-corrected chi connectivity index (χ1v) is 8.82. The van der Waals surface area contributed by atoms with Gasteiger partial charge in [0.05, 0.1) is 30.1 Å². The molecule has 0 atom stereocenters. The Bertz CT molecular complexity index is 1040. The molecule has 6 nitrogen and oxygen atoms in total. The molecular weight excluding hydrogens is 378 g/mol. The van der Waals surface area contributed by atoms with Crippen LogP contribution in [0.1, 0.15) is 26.3 Å². The summed E-state index contributed by atoms with van der Waals surface area (Å²) in [7, 11) is 1.33. The number of aryl methyl sites for hydroxylation is 1. The summed E-state index contributed by atoms with van der Waals surface area (Å²) >= 11 is 6.00. The van der Waals surface area contributed by atoms with Crippen LogP contribution in [0.25, 0.3) is 0 Å². The second kappa shape index (κ2) is 8.54. The zero-order chi connectivity index (χ0) is 20.1. The standard InChI is InChI=1S/C21H18ClN3O3/c1-13-6-7-16(22)10-19(13)25-20(26)15-9-18(12-23-11-15)24-17-5-3-4-14(8-17)21(27)28-2/h3-12,24H,1-2H3,(H,25,26). The molecular formula is C21H18ClN3O3. The number of amides is 1. The summed E-state index contributed by atoms with van der Waals surface area (Å²) in [5.74, 6) is -0.725. The highest BCUT2D eigenvalue weighted by Crippen LogP contribution is 2.22. The van der Waals surface area contributed by atoms with E-state index in [1.807, 2.05) is 13.0 Å². The van der Waals surface area contributed by atoms with E-state index >= 15 is 0 Å². The molecule has 2 aromatic carbocycles. The van der Waals surface area contributed by atoms with Gasteiger partial charge in [0, 0.05) is 22.6 Å². The van der Waals surface area contributed by atoms with Gasteiger partial charge in [-0.2, -0.15) is 0 Å². The number of nitrogens with one attached hydrogen (secondary N) is 2. The highest BCUT2D eigenvalue weighted by molar-refractivity contribution is 6.31. The normalized spacial score (nSPS) is 10.2. The molecule has 0 aliphatic rings.